The average molecular weight is 360 g/mol. The van der Waals surface area contributed by atoms with Crippen LogP contribution in [-0.2, 0) is 0 Å². The summed E-state index contributed by atoms with van der Waals surface area (Å²) in [7, 11) is 0. The van der Waals surface area contributed by atoms with Crippen molar-refractivity contribution in [1.29, 1.82) is 0 Å². The van der Waals surface area contributed by atoms with Gasteiger partial charge in [0.2, 0.25) is 5.78 Å². The van der Waals surface area contributed by atoms with Crippen LogP contribution in [0.5, 0.6) is 17.2 Å². The van der Waals surface area contributed by atoms with Gasteiger partial charge in [0.1, 0.15) is 22.3 Å². The molecule has 0 spiro atoms. The van der Waals surface area contributed by atoms with E-state index >= 15 is 0 Å². The molecular formula is C21H12O6. The Labute approximate surface area is 151 Å². The standard InChI is InChI=1S/C21H12O6/c22-12-7-11-14(8-13(12)23)26-15-9-16-19(21(25)18(11)15)20(24)17(27-16)6-10-4-2-1-3-5-10/h1-9,22-24H/b17-6-. The topological polar surface area (TPSA) is 104 Å². The van der Waals surface area contributed by atoms with E-state index in [1.165, 1.54) is 18.2 Å². The van der Waals surface area contributed by atoms with Crippen molar-refractivity contribution in [2.24, 2.45) is 0 Å². The Morgan fingerprint density at radius 2 is 1.63 bits per heavy atom. The molecule has 2 heterocycles. The number of fused-ring (bicyclic) bond motifs is 4. The fourth-order valence-electron chi connectivity index (χ4n) is 3.30. The van der Waals surface area contributed by atoms with E-state index in [-0.39, 0.29) is 50.5 Å². The molecule has 5 rings (SSSR count). The van der Waals surface area contributed by atoms with Crippen LogP contribution >= 0.6 is 0 Å². The molecule has 6 heteroatoms. The Bertz CT molecular complexity index is 1360. The fraction of sp³-hybridized carbons (Fsp3) is 0. The zero-order chi connectivity index (χ0) is 18.7. The Balaban J connectivity index is 1.77. The van der Waals surface area contributed by atoms with Crippen LogP contribution in [0.15, 0.2) is 51.3 Å². The molecule has 4 aromatic rings. The summed E-state index contributed by atoms with van der Waals surface area (Å²) in [5.74, 6) is -1.19. The van der Waals surface area contributed by atoms with Crippen molar-refractivity contribution in [3.8, 4) is 17.2 Å². The normalized spacial score (nSPS) is 13.5. The molecule has 27 heavy (non-hydrogen) atoms. The summed E-state index contributed by atoms with van der Waals surface area (Å²) in [6.07, 6.45) is 3.15. The predicted octanol–water partition coefficient (Wildman–Crippen LogP) is 2.34. The first-order valence-corrected chi connectivity index (χ1v) is 8.16. The summed E-state index contributed by atoms with van der Waals surface area (Å²) in [6.45, 7) is 0. The largest absolute Gasteiger partial charge is 0.504 e. The lowest BCUT2D eigenvalue weighted by Gasteiger charge is -2.03. The van der Waals surface area contributed by atoms with Gasteiger partial charge in [-0.3, -0.25) is 4.79 Å². The van der Waals surface area contributed by atoms with Crippen LogP contribution in [0.1, 0.15) is 27.2 Å². The van der Waals surface area contributed by atoms with Gasteiger partial charge in [0.15, 0.2) is 22.7 Å². The van der Waals surface area contributed by atoms with Crippen molar-refractivity contribution >= 4 is 28.9 Å². The van der Waals surface area contributed by atoms with Gasteiger partial charge in [-0.25, -0.2) is 0 Å². The summed E-state index contributed by atoms with van der Waals surface area (Å²) >= 11 is 0. The zero-order valence-corrected chi connectivity index (χ0v) is 13.8. The monoisotopic (exact) mass is 360 g/mol. The number of phenolic OH excluding ortho intramolecular Hbond substituents is 2. The van der Waals surface area contributed by atoms with Crippen molar-refractivity contribution in [1.82, 2.24) is 0 Å². The zero-order valence-electron chi connectivity index (χ0n) is 13.8. The van der Waals surface area contributed by atoms with Gasteiger partial charge in [-0.2, -0.15) is 0 Å². The summed E-state index contributed by atoms with van der Waals surface area (Å²) < 4.78 is 11.3. The van der Waals surface area contributed by atoms with Gasteiger partial charge in [-0.15, -0.1) is 0 Å². The number of phenols is 2. The second-order valence-electron chi connectivity index (χ2n) is 6.26. The lowest BCUT2D eigenvalue weighted by atomic mass is 9.96. The lowest BCUT2D eigenvalue weighted by molar-refractivity contribution is 0.103. The number of aromatic hydroxyl groups is 3. The minimum Gasteiger partial charge on any atom is -0.504 e. The third-order valence-electron chi connectivity index (χ3n) is 4.56. The highest BCUT2D eigenvalue weighted by Crippen LogP contribution is 2.37. The molecule has 1 aliphatic carbocycles. The SMILES string of the molecule is O=C1c2c(O)/c(=C/c3ccccc3)oc2=Cc2oc3cc(O)c(O)cc3c21. The Hall–Kier alpha value is -3.93. The smallest absolute Gasteiger partial charge is 0.205 e. The minimum atomic E-state index is -0.472. The number of hydrogen-bond acceptors (Lipinski definition) is 6. The molecule has 0 atom stereocenters. The molecule has 0 aliphatic heterocycles. The molecule has 2 aromatic heterocycles. The van der Waals surface area contributed by atoms with E-state index < -0.39 is 5.78 Å². The van der Waals surface area contributed by atoms with Gasteiger partial charge in [-0.1, -0.05) is 30.3 Å². The quantitative estimate of drug-likeness (QED) is 0.397. The molecule has 0 saturated heterocycles. The van der Waals surface area contributed by atoms with E-state index in [1.807, 2.05) is 30.3 Å². The van der Waals surface area contributed by atoms with Crippen molar-refractivity contribution in [3.05, 3.63) is 75.7 Å². The number of hydrogen-bond donors (Lipinski definition) is 3. The van der Waals surface area contributed by atoms with E-state index in [9.17, 15) is 20.1 Å². The number of carbonyl (C=O) groups excluding carboxylic acids is 1. The van der Waals surface area contributed by atoms with Gasteiger partial charge >= 0.3 is 0 Å². The first kappa shape index (κ1) is 15.3. The molecule has 132 valence electrons. The van der Waals surface area contributed by atoms with Crippen molar-refractivity contribution in [3.63, 3.8) is 0 Å². The van der Waals surface area contributed by atoms with Crippen LogP contribution in [0.25, 0.3) is 23.1 Å². The number of rotatable bonds is 1. The van der Waals surface area contributed by atoms with Gasteiger partial charge in [0.05, 0.1) is 5.56 Å². The van der Waals surface area contributed by atoms with Gasteiger partial charge < -0.3 is 24.2 Å². The summed E-state index contributed by atoms with van der Waals surface area (Å²) in [5, 5.41) is 30.3. The second kappa shape index (κ2) is 5.28. The molecule has 0 bridgehead atoms. The van der Waals surface area contributed by atoms with Gasteiger partial charge in [0.25, 0.3) is 0 Å². The molecule has 6 nitrogen and oxygen atoms in total. The van der Waals surface area contributed by atoms with E-state index in [1.54, 1.807) is 6.08 Å². The van der Waals surface area contributed by atoms with Crippen molar-refractivity contribution in [2.45, 2.75) is 0 Å². The molecule has 2 aromatic carbocycles. The summed E-state index contributed by atoms with van der Waals surface area (Å²) in [4.78, 5) is 13.0. The van der Waals surface area contributed by atoms with Crippen LogP contribution in [0.2, 0.25) is 0 Å². The van der Waals surface area contributed by atoms with Crippen LogP contribution < -0.4 is 10.8 Å². The molecule has 1 aliphatic rings. The number of carbonyl (C=O) groups is 1. The second-order valence-corrected chi connectivity index (χ2v) is 6.26. The van der Waals surface area contributed by atoms with E-state index in [0.29, 0.717) is 5.39 Å². The molecule has 0 amide bonds. The number of furan rings is 2. The molecule has 0 saturated carbocycles. The van der Waals surface area contributed by atoms with Crippen LogP contribution in [-0.4, -0.2) is 21.1 Å². The van der Waals surface area contributed by atoms with E-state index in [0.717, 1.165) is 5.56 Å². The van der Waals surface area contributed by atoms with Gasteiger partial charge in [-0.05, 0) is 17.7 Å². The highest BCUT2D eigenvalue weighted by atomic mass is 16.4. The third-order valence-corrected chi connectivity index (χ3v) is 4.56. The molecule has 0 radical (unpaired) electrons. The molecule has 0 fully saturated rings. The maximum Gasteiger partial charge on any atom is 0.205 e. The number of benzene rings is 2. The summed E-state index contributed by atoms with van der Waals surface area (Å²) in [5.41, 5.74) is 1.68. The fourth-order valence-corrected chi connectivity index (χ4v) is 3.30. The third kappa shape index (κ3) is 2.17. The first-order valence-electron chi connectivity index (χ1n) is 8.16. The predicted molar refractivity (Wildman–Crippen MR) is 96.2 cm³/mol. The maximum atomic E-state index is 13.0. The lowest BCUT2D eigenvalue weighted by Crippen LogP contribution is -2.17. The minimum absolute atomic E-state index is 0.0416. The Kier molecular flexibility index (Phi) is 3.00. The van der Waals surface area contributed by atoms with Crippen molar-refractivity contribution < 1.29 is 28.9 Å². The molecule has 0 unspecified atom stereocenters. The average Bonchev–Trinajstić information content (AvgIpc) is 3.14. The van der Waals surface area contributed by atoms with Crippen molar-refractivity contribution in [2.75, 3.05) is 0 Å². The highest BCUT2D eigenvalue weighted by Gasteiger charge is 2.31. The Morgan fingerprint density at radius 1 is 0.889 bits per heavy atom. The van der Waals surface area contributed by atoms with Crippen LogP contribution in [0.3, 0.4) is 0 Å². The molecular weight excluding hydrogens is 348 g/mol. The Morgan fingerprint density at radius 3 is 2.41 bits per heavy atom. The first-order chi connectivity index (χ1) is 13.0. The summed E-state index contributed by atoms with van der Waals surface area (Å²) in [6, 6.07) is 11.8. The van der Waals surface area contributed by atoms with E-state index in [2.05, 4.69) is 0 Å². The van der Waals surface area contributed by atoms with Crippen LogP contribution in [0.4, 0.5) is 0 Å². The number of ketones is 1. The van der Waals surface area contributed by atoms with Gasteiger partial charge in [0, 0.05) is 17.5 Å². The highest BCUT2D eigenvalue weighted by molar-refractivity contribution is 6.20. The van der Waals surface area contributed by atoms with Crippen LogP contribution in [0, 0.1) is 0 Å². The maximum absolute atomic E-state index is 13.0. The van der Waals surface area contributed by atoms with E-state index in [4.69, 9.17) is 8.83 Å². The molecule has 3 N–H and O–H groups in total.